The quantitative estimate of drug-likeness (QED) is 0.816. The van der Waals surface area contributed by atoms with Gasteiger partial charge < -0.3 is 10.8 Å². The zero-order valence-electron chi connectivity index (χ0n) is 10.1. The number of anilines is 1. The lowest BCUT2D eigenvalue weighted by Crippen LogP contribution is -2.33. The van der Waals surface area contributed by atoms with Crippen molar-refractivity contribution >= 4 is 17.3 Å². The van der Waals surface area contributed by atoms with Gasteiger partial charge in [0.25, 0.3) is 0 Å². The number of hydrogen-bond acceptors (Lipinski definition) is 3. The van der Waals surface area contributed by atoms with E-state index in [1.807, 2.05) is 0 Å². The molecule has 3 nitrogen and oxygen atoms in total. The molecule has 2 rings (SSSR count). The van der Waals surface area contributed by atoms with Crippen LogP contribution < -0.4 is 5.73 Å². The fourth-order valence-corrected chi connectivity index (χ4v) is 2.77. The lowest BCUT2D eigenvalue weighted by Gasteiger charge is -2.29. The van der Waals surface area contributed by atoms with E-state index in [0.717, 1.165) is 25.8 Å². The first kappa shape index (κ1) is 12.7. The Balaban J connectivity index is 2.24. The molecule has 1 unspecified atom stereocenters. The predicted molar refractivity (Wildman–Crippen MR) is 70.8 cm³/mol. The number of aliphatic hydroxyl groups is 1. The van der Waals surface area contributed by atoms with Crippen LogP contribution in [0.1, 0.15) is 38.0 Å². The molecule has 0 aliphatic carbocycles. The Labute approximate surface area is 107 Å². The summed E-state index contributed by atoms with van der Waals surface area (Å²) < 4.78 is 0. The Kier molecular flexibility index (Phi) is 3.92. The molecule has 0 bridgehead atoms. The van der Waals surface area contributed by atoms with Crippen LogP contribution in [0.5, 0.6) is 0 Å². The fourth-order valence-electron chi connectivity index (χ4n) is 2.56. The van der Waals surface area contributed by atoms with Crippen LogP contribution in [0, 0.1) is 0 Å². The third kappa shape index (κ3) is 2.57. The van der Waals surface area contributed by atoms with Crippen LogP contribution in [0.4, 0.5) is 5.69 Å². The van der Waals surface area contributed by atoms with Crippen molar-refractivity contribution in [2.24, 2.45) is 0 Å². The van der Waals surface area contributed by atoms with E-state index in [9.17, 15) is 5.11 Å². The van der Waals surface area contributed by atoms with Crippen LogP contribution in [0.25, 0.3) is 0 Å². The summed E-state index contributed by atoms with van der Waals surface area (Å²) >= 11 is 6.12. The molecule has 0 aromatic heterocycles. The van der Waals surface area contributed by atoms with Gasteiger partial charge in [-0.1, -0.05) is 18.5 Å². The van der Waals surface area contributed by atoms with Gasteiger partial charge in [0.2, 0.25) is 0 Å². The number of halogens is 1. The molecule has 0 radical (unpaired) electrons. The van der Waals surface area contributed by atoms with Crippen molar-refractivity contribution in [2.45, 2.75) is 38.5 Å². The van der Waals surface area contributed by atoms with Gasteiger partial charge in [-0.3, -0.25) is 4.90 Å². The van der Waals surface area contributed by atoms with Gasteiger partial charge in [-0.05, 0) is 37.5 Å². The highest BCUT2D eigenvalue weighted by atomic mass is 35.5. The van der Waals surface area contributed by atoms with E-state index in [-0.39, 0.29) is 0 Å². The molecule has 1 aliphatic heterocycles. The van der Waals surface area contributed by atoms with Crippen molar-refractivity contribution in [1.82, 2.24) is 4.90 Å². The summed E-state index contributed by atoms with van der Waals surface area (Å²) in [5, 5.41) is 11.0. The smallest absolute Gasteiger partial charge is 0.135 e. The van der Waals surface area contributed by atoms with E-state index in [1.165, 1.54) is 0 Å². The zero-order chi connectivity index (χ0) is 12.4. The summed E-state index contributed by atoms with van der Waals surface area (Å²) in [6, 6.07) is 5.70. The molecule has 4 heteroatoms. The van der Waals surface area contributed by atoms with Gasteiger partial charge in [0.1, 0.15) is 6.23 Å². The standard InChI is InChI=1S/C13H19ClN2O/c1-2-10-4-3-7-16(10)13(17)11-8-9(15)5-6-12(11)14/h5-6,8,10,13,17H,2-4,7,15H2,1H3/t10-,13?/m1/s1. The van der Waals surface area contributed by atoms with E-state index in [1.54, 1.807) is 18.2 Å². The summed E-state index contributed by atoms with van der Waals surface area (Å²) in [5.41, 5.74) is 7.09. The molecule has 1 fully saturated rings. The van der Waals surface area contributed by atoms with Crippen molar-refractivity contribution in [3.8, 4) is 0 Å². The summed E-state index contributed by atoms with van der Waals surface area (Å²) in [7, 11) is 0. The second kappa shape index (κ2) is 5.25. The van der Waals surface area contributed by atoms with Gasteiger partial charge in [-0.2, -0.15) is 0 Å². The predicted octanol–water partition coefficient (Wildman–Crippen LogP) is 2.79. The molecule has 0 amide bonds. The van der Waals surface area contributed by atoms with E-state index < -0.39 is 6.23 Å². The zero-order valence-corrected chi connectivity index (χ0v) is 10.8. The Hall–Kier alpha value is -0.770. The van der Waals surface area contributed by atoms with Crippen molar-refractivity contribution in [2.75, 3.05) is 12.3 Å². The highest BCUT2D eigenvalue weighted by Crippen LogP contribution is 2.33. The Bertz CT molecular complexity index is 397. The van der Waals surface area contributed by atoms with Gasteiger partial charge in [0.05, 0.1) is 0 Å². The molecule has 94 valence electrons. The molecular weight excluding hydrogens is 236 g/mol. The van der Waals surface area contributed by atoms with Gasteiger partial charge in [-0.25, -0.2) is 0 Å². The number of nitrogens with zero attached hydrogens (tertiary/aromatic N) is 1. The minimum atomic E-state index is -0.640. The number of hydrogen-bond donors (Lipinski definition) is 2. The fraction of sp³-hybridized carbons (Fsp3) is 0.538. The van der Waals surface area contributed by atoms with Gasteiger partial charge in [0, 0.05) is 28.9 Å². The van der Waals surface area contributed by atoms with E-state index in [0.29, 0.717) is 22.3 Å². The molecule has 1 aliphatic rings. The number of rotatable bonds is 3. The summed E-state index contributed by atoms with van der Waals surface area (Å²) in [6.07, 6.45) is 2.69. The molecule has 1 heterocycles. The normalized spacial score (nSPS) is 22.9. The van der Waals surface area contributed by atoms with Gasteiger partial charge in [-0.15, -0.1) is 0 Å². The van der Waals surface area contributed by atoms with Crippen molar-refractivity contribution in [1.29, 1.82) is 0 Å². The summed E-state index contributed by atoms with van der Waals surface area (Å²) in [4.78, 5) is 2.11. The molecule has 1 aromatic rings. The van der Waals surface area contributed by atoms with Crippen molar-refractivity contribution in [3.05, 3.63) is 28.8 Å². The largest absolute Gasteiger partial charge is 0.399 e. The highest BCUT2D eigenvalue weighted by Gasteiger charge is 2.30. The lowest BCUT2D eigenvalue weighted by atomic mass is 10.1. The first-order chi connectivity index (χ1) is 8.13. The number of nitrogens with two attached hydrogens (primary N) is 1. The van der Waals surface area contributed by atoms with Crippen LogP contribution in [-0.4, -0.2) is 22.6 Å². The SMILES string of the molecule is CC[C@@H]1CCCN1C(O)c1cc(N)ccc1Cl. The molecule has 3 N–H and O–H groups in total. The Morgan fingerprint density at radius 1 is 1.59 bits per heavy atom. The second-order valence-corrected chi connectivity index (χ2v) is 5.00. The molecule has 0 saturated carbocycles. The first-order valence-electron chi connectivity index (χ1n) is 6.12. The molecule has 1 saturated heterocycles. The number of likely N-dealkylation sites (tertiary alicyclic amines) is 1. The summed E-state index contributed by atoms with van der Waals surface area (Å²) in [6.45, 7) is 3.07. The van der Waals surface area contributed by atoms with Crippen molar-refractivity contribution in [3.63, 3.8) is 0 Å². The summed E-state index contributed by atoms with van der Waals surface area (Å²) in [5.74, 6) is 0. The average Bonchev–Trinajstić information content (AvgIpc) is 2.79. The van der Waals surface area contributed by atoms with Crippen LogP contribution >= 0.6 is 11.6 Å². The van der Waals surface area contributed by atoms with Gasteiger partial charge in [0.15, 0.2) is 0 Å². The van der Waals surface area contributed by atoms with Crippen LogP contribution in [0.3, 0.4) is 0 Å². The van der Waals surface area contributed by atoms with Crippen LogP contribution in [0.15, 0.2) is 18.2 Å². The maximum atomic E-state index is 10.4. The third-order valence-corrected chi connectivity index (χ3v) is 3.85. The van der Waals surface area contributed by atoms with Crippen molar-refractivity contribution < 1.29 is 5.11 Å². The number of nitrogen functional groups attached to an aromatic ring is 1. The van der Waals surface area contributed by atoms with Crippen LogP contribution in [-0.2, 0) is 0 Å². The second-order valence-electron chi connectivity index (χ2n) is 4.60. The monoisotopic (exact) mass is 254 g/mol. The molecule has 1 aromatic carbocycles. The number of benzene rings is 1. The number of aliphatic hydroxyl groups excluding tert-OH is 1. The lowest BCUT2D eigenvalue weighted by molar-refractivity contribution is -0.00778. The molecule has 17 heavy (non-hydrogen) atoms. The van der Waals surface area contributed by atoms with E-state index in [4.69, 9.17) is 17.3 Å². The van der Waals surface area contributed by atoms with E-state index >= 15 is 0 Å². The minimum Gasteiger partial charge on any atom is -0.399 e. The Morgan fingerprint density at radius 3 is 3.06 bits per heavy atom. The molecule has 0 spiro atoms. The third-order valence-electron chi connectivity index (χ3n) is 3.51. The molecule has 2 atom stereocenters. The maximum absolute atomic E-state index is 10.4. The van der Waals surface area contributed by atoms with Gasteiger partial charge >= 0.3 is 0 Å². The molecular formula is C13H19ClN2O. The van der Waals surface area contributed by atoms with E-state index in [2.05, 4.69) is 11.8 Å². The average molecular weight is 255 g/mol. The topological polar surface area (TPSA) is 49.5 Å². The Morgan fingerprint density at radius 2 is 2.35 bits per heavy atom. The first-order valence-corrected chi connectivity index (χ1v) is 6.50. The highest BCUT2D eigenvalue weighted by molar-refractivity contribution is 6.31. The maximum Gasteiger partial charge on any atom is 0.135 e. The van der Waals surface area contributed by atoms with Crippen LogP contribution in [0.2, 0.25) is 5.02 Å². The minimum absolute atomic E-state index is 0.447.